The summed E-state index contributed by atoms with van der Waals surface area (Å²) in [6.07, 6.45) is 0.611. The van der Waals surface area contributed by atoms with Gasteiger partial charge in [-0.05, 0) is 12.5 Å². The van der Waals surface area contributed by atoms with Crippen molar-refractivity contribution < 1.29 is 10.0 Å². The number of aliphatic hydroxyl groups is 1. The van der Waals surface area contributed by atoms with Crippen LogP contribution in [-0.4, -0.2) is 10.0 Å². The van der Waals surface area contributed by atoms with Gasteiger partial charge in [0.25, 0.3) is 5.69 Å². The quantitative estimate of drug-likeness (QED) is 0.592. The molecule has 0 aliphatic heterocycles. The standard InChI is InChI=1S/C10H13NO3/c1-2-5-10(12)8-6-3-4-7-9(8)11(13)14/h3-4,6-7,10,12H,2,5H2,1H3. The monoisotopic (exact) mass is 195 g/mol. The first-order valence-corrected chi connectivity index (χ1v) is 4.58. The number of nitro benzene ring substituents is 1. The predicted octanol–water partition coefficient (Wildman–Crippen LogP) is 2.43. The molecule has 1 atom stereocenters. The van der Waals surface area contributed by atoms with Gasteiger partial charge in [0, 0.05) is 6.07 Å². The number of benzene rings is 1. The molecule has 0 aliphatic rings. The van der Waals surface area contributed by atoms with Gasteiger partial charge in [-0.3, -0.25) is 10.1 Å². The minimum atomic E-state index is -0.735. The summed E-state index contributed by atoms with van der Waals surface area (Å²) in [7, 11) is 0. The number of nitrogens with zero attached hydrogens (tertiary/aromatic N) is 1. The molecule has 0 fully saturated rings. The average Bonchev–Trinajstić information content (AvgIpc) is 2.18. The van der Waals surface area contributed by atoms with Crippen molar-refractivity contribution in [3.8, 4) is 0 Å². The van der Waals surface area contributed by atoms with E-state index in [0.29, 0.717) is 12.0 Å². The molecule has 0 heterocycles. The fourth-order valence-electron chi connectivity index (χ4n) is 1.36. The summed E-state index contributed by atoms with van der Waals surface area (Å²) in [5.74, 6) is 0. The highest BCUT2D eigenvalue weighted by atomic mass is 16.6. The Morgan fingerprint density at radius 1 is 1.50 bits per heavy atom. The van der Waals surface area contributed by atoms with Gasteiger partial charge in [0.1, 0.15) is 0 Å². The first kappa shape index (κ1) is 10.7. The molecule has 1 aromatic rings. The lowest BCUT2D eigenvalue weighted by Gasteiger charge is -2.09. The molecule has 1 rings (SSSR count). The van der Waals surface area contributed by atoms with E-state index in [1.54, 1.807) is 18.2 Å². The Kier molecular flexibility index (Phi) is 3.59. The van der Waals surface area contributed by atoms with E-state index in [4.69, 9.17) is 0 Å². The molecule has 4 heteroatoms. The van der Waals surface area contributed by atoms with Crippen LogP contribution >= 0.6 is 0 Å². The van der Waals surface area contributed by atoms with E-state index in [1.807, 2.05) is 6.92 Å². The number of hydrogen-bond acceptors (Lipinski definition) is 3. The summed E-state index contributed by atoms with van der Waals surface area (Å²) in [6.45, 7) is 1.93. The van der Waals surface area contributed by atoms with E-state index in [-0.39, 0.29) is 5.69 Å². The minimum absolute atomic E-state index is 0.00606. The SMILES string of the molecule is CCCC(O)c1ccccc1[N+](=O)[O-]. The molecule has 0 saturated carbocycles. The topological polar surface area (TPSA) is 63.4 Å². The average molecular weight is 195 g/mol. The van der Waals surface area contributed by atoms with Gasteiger partial charge < -0.3 is 5.11 Å². The Morgan fingerprint density at radius 3 is 2.71 bits per heavy atom. The largest absolute Gasteiger partial charge is 0.388 e. The molecule has 1 unspecified atom stereocenters. The van der Waals surface area contributed by atoms with Crippen LogP contribution in [0.15, 0.2) is 24.3 Å². The van der Waals surface area contributed by atoms with E-state index in [9.17, 15) is 15.2 Å². The van der Waals surface area contributed by atoms with Gasteiger partial charge in [0.05, 0.1) is 16.6 Å². The van der Waals surface area contributed by atoms with Gasteiger partial charge in [0.2, 0.25) is 0 Å². The number of rotatable bonds is 4. The highest BCUT2D eigenvalue weighted by Crippen LogP contribution is 2.27. The van der Waals surface area contributed by atoms with Crippen LogP contribution in [-0.2, 0) is 0 Å². The molecule has 1 N–H and O–H groups in total. The van der Waals surface area contributed by atoms with E-state index >= 15 is 0 Å². The third kappa shape index (κ3) is 2.29. The third-order valence-corrected chi connectivity index (χ3v) is 2.05. The van der Waals surface area contributed by atoms with Crippen molar-refractivity contribution in [1.29, 1.82) is 0 Å². The Hall–Kier alpha value is -1.42. The predicted molar refractivity (Wildman–Crippen MR) is 53.0 cm³/mol. The molecule has 0 bridgehead atoms. The van der Waals surface area contributed by atoms with Crippen molar-refractivity contribution in [1.82, 2.24) is 0 Å². The zero-order valence-corrected chi connectivity index (χ0v) is 8.01. The number of para-hydroxylation sites is 1. The lowest BCUT2D eigenvalue weighted by atomic mass is 10.0. The molecule has 1 aromatic carbocycles. The summed E-state index contributed by atoms with van der Waals surface area (Å²) in [6, 6.07) is 6.30. The second kappa shape index (κ2) is 4.72. The molecule has 0 aliphatic carbocycles. The van der Waals surface area contributed by atoms with Crippen LogP contribution < -0.4 is 0 Å². The van der Waals surface area contributed by atoms with Crippen LogP contribution in [0.1, 0.15) is 31.4 Å². The maximum atomic E-state index is 10.6. The molecule has 0 radical (unpaired) electrons. The maximum Gasteiger partial charge on any atom is 0.275 e. The Labute approximate surface area is 82.3 Å². The van der Waals surface area contributed by atoms with Crippen LogP contribution in [0.4, 0.5) is 5.69 Å². The highest BCUT2D eigenvalue weighted by Gasteiger charge is 2.18. The van der Waals surface area contributed by atoms with Gasteiger partial charge in [-0.2, -0.15) is 0 Å². The fourth-order valence-corrected chi connectivity index (χ4v) is 1.36. The molecule has 14 heavy (non-hydrogen) atoms. The summed E-state index contributed by atoms with van der Waals surface area (Å²) >= 11 is 0. The van der Waals surface area contributed by atoms with Crippen molar-refractivity contribution in [3.63, 3.8) is 0 Å². The number of nitro groups is 1. The van der Waals surface area contributed by atoms with E-state index in [1.165, 1.54) is 6.07 Å². The van der Waals surface area contributed by atoms with Gasteiger partial charge in [-0.15, -0.1) is 0 Å². The zero-order chi connectivity index (χ0) is 10.6. The van der Waals surface area contributed by atoms with E-state index < -0.39 is 11.0 Å². The summed E-state index contributed by atoms with van der Waals surface area (Å²) in [4.78, 5) is 10.2. The van der Waals surface area contributed by atoms with Gasteiger partial charge in [-0.1, -0.05) is 25.5 Å². The van der Waals surface area contributed by atoms with Crippen LogP contribution in [0.3, 0.4) is 0 Å². The molecule has 0 aromatic heterocycles. The van der Waals surface area contributed by atoms with E-state index in [0.717, 1.165) is 6.42 Å². The summed E-state index contributed by atoms with van der Waals surface area (Å²) < 4.78 is 0. The smallest absolute Gasteiger partial charge is 0.275 e. The Balaban J connectivity index is 3.00. The van der Waals surface area contributed by atoms with Crippen LogP contribution in [0.25, 0.3) is 0 Å². The first-order valence-electron chi connectivity index (χ1n) is 4.58. The second-order valence-electron chi connectivity index (χ2n) is 3.12. The fraction of sp³-hybridized carbons (Fsp3) is 0.400. The number of hydrogen-bond donors (Lipinski definition) is 1. The minimum Gasteiger partial charge on any atom is -0.388 e. The first-order chi connectivity index (χ1) is 6.66. The third-order valence-electron chi connectivity index (χ3n) is 2.05. The van der Waals surface area contributed by atoms with E-state index in [2.05, 4.69) is 0 Å². The van der Waals surface area contributed by atoms with Gasteiger partial charge >= 0.3 is 0 Å². The van der Waals surface area contributed by atoms with Crippen molar-refractivity contribution in [2.24, 2.45) is 0 Å². The molecular formula is C10H13NO3. The van der Waals surface area contributed by atoms with Crippen molar-refractivity contribution in [3.05, 3.63) is 39.9 Å². The molecule has 4 nitrogen and oxygen atoms in total. The summed E-state index contributed by atoms with van der Waals surface area (Å²) in [5, 5.41) is 20.3. The second-order valence-corrected chi connectivity index (χ2v) is 3.12. The molecule has 0 saturated heterocycles. The van der Waals surface area contributed by atoms with Crippen LogP contribution in [0.2, 0.25) is 0 Å². The zero-order valence-electron chi connectivity index (χ0n) is 8.01. The molecule has 0 amide bonds. The Morgan fingerprint density at radius 2 is 2.14 bits per heavy atom. The number of aliphatic hydroxyl groups excluding tert-OH is 1. The van der Waals surface area contributed by atoms with Crippen molar-refractivity contribution >= 4 is 5.69 Å². The maximum absolute atomic E-state index is 10.6. The molecule has 0 spiro atoms. The summed E-state index contributed by atoms with van der Waals surface area (Å²) in [5.41, 5.74) is 0.396. The highest BCUT2D eigenvalue weighted by molar-refractivity contribution is 5.41. The van der Waals surface area contributed by atoms with Gasteiger partial charge in [0.15, 0.2) is 0 Å². The van der Waals surface area contributed by atoms with Crippen LogP contribution in [0, 0.1) is 10.1 Å². The lowest BCUT2D eigenvalue weighted by Crippen LogP contribution is -2.01. The van der Waals surface area contributed by atoms with Crippen molar-refractivity contribution in [2.45, 2.75) is 25.9 Å². The van der Waals surface area contributed by atoms with Gasteiger partial charge in [-0.25, -0.2) is 0 Å². The van der Waals surface area contributed by atoms with Crippen molar-refractivity contribution in [2.75, 3.05) is 0 Å². The molecule has 76 valence electrons. The Bertz CT molecular complexity index is 325. The normalized spacial score (nSPS) is 12.4. The lowest BCUT2D eigenvalue weighted by molar-refractivity contribution is -0.386. The van der Waals surface area contributed by atoms with Crippen LogP contribution in [0.5, 0.6) is 0 Å². The molecular weight excluding hydrogens is 182 g/mol.